The highest BCUT2D eigenvalue weighted by atomic mass is 35.5. The topological polar surface area (TPSA) is 331 Å². The molecule has 2 aromatic heterocycles. The highest BCUT2D eigenvalue weighted by molar-refractivity contribution is 7.93. The maximum absolute atomic E-state index is 13.6. The molecule has 3 heterocycles. The lowest BCUT2D eigenvalue weighted by Crippen LogP contribution is -2.43. The largest absolute Gasteiger partial charge is 0.396 e. The van der Waals surface area contributed by atoms with Crippen LogP contribution in [0.5, 0.6) is 0 Å². The molecule has 11 N–H and O–H groups in total. The summed E-state index contributed by atoms with van der Waals surface area (Å²) in [6.45, 7) is 4.96. The van der Waals surface area contributed by atoms with Gasteiger partial charge in [-0.1, -0.05) is 46.4 Å². The van der Waals surface area contributed by atoms with E-state index in [1.54, 1.807) is 58.2 Å². The summed E-state index contributed by atoms with van der Waals surface area (Å²) in [5.41, 5.74) is 10.7. The lowest BCUT2D eigenvalue weighted by molar-refractivity contribution is -0.708. The summed E-state index contributed by atoms with van der Waals surface area (Å²) in [7, 11) is -8.71. The molecule has 4 aromatic carbocycles. The summed E-state index contributed by atoms with van der Waals surface area (Å²) in [4.78, 5) is 77.0. The lowest BCUT2D eigenvalue weighted by Gasteiger charge is -2.26. The van der Waals surface area contributed by atoms with Crippen LogP contribution in [0, 0.1) is 0 Å². The van der Waals surface area contributed by atoms with Gasteiger partial charge in [-0.15, -0.1) is 0 Å². The first-order chi connectivity index (χ1) is 40.7. The van der Waals surface area contributed by atoms with Gasteiger partial charge in [0.2, 0.25) is 0 Å². The number of ether oxygens (including phenoxy) is 1. The van der Waals surface area contributed by atoms with E-state index in [1.165, 1.54) is 72.8 Å². The minimum Gasteiger partial charge on any atom is -0.396 e. The molecule has 1 fully saturated rings. The highest BCUT2D eigenvalue weighted by Gasteiger charge is 2.27. The van der Waals surface area contributed by atoms with Crippen molar-refractivity contribution in [1.82, 2.24) is 26.4 Å². The van der Waals surface area contributed by atoms with Crippen molar-refractivity contribution in [2.24, 2.45) is 0 Å². The Morgan fingerprint density at radius 2 is 0.941 bits per heavy atom. The van der Waals surface area contributed by atoms with Crippen LogP contribution in [0.15, 0.2) is 132 Å². The third-order valence-electron chi connectivity index (χ3n) is 12.5. The molecule has 31 heteroatoms. The zero-order valence-electron chi connectivity index (χ0n) is 45.1. The van der Waals surface area contributed by atoms with Crippen molar-refractivity contribution in [3.8, 4) is 0 Å². The van der Waals surface area contributed by atoms with Gasteiger partial charge in [0.05, 0.1) is 56.1 Å². The Labute approximate surface area is 509 Å². The lowest BCUT2D eigenvalue weighted by atomic mass is 10.2. The number of halogens is 4. The number of benzene rings is 4. The molecule has 0 radical (unpaired) electrons. The molecule has 6 amide bonds. The second kappa shape index (κ2) is 30.8. The molecule has 7 rings (SSSR count). The number of aliphatic hydroxyl groups is 1. The number of amides is 6. The monoisotopic (exact) mass is 1290 g/mol. The first kappa shape index (κ1) is 64.7. The number of rotatable bonds is 26. The number of sulfonamides is 2. The quantitative estimate of drug-likeness (QED) is 0.0152. The third-order valence-corrected chi connectivity index (χ3v) is 17.0. The number of anilines is 6. The van der Waals surface area contributed by atoms with Crippen molar-refractivity contribution >= 4 is 136 Å². The van der Waals surface area contributed by atoms with Crippen LogP contribution in [0.25, 0.3) is 0 Å². The molecule has 0 atom stereocenters. The van der Waals surface area contributed by atoms with Crippen LogP contribution >= 0.6 is 46.4 Å². The molecule has 450 valence electrons. The molecule has 85 heavy (non-hydrogen) atoms. The van der Waals surface area contributed by atoms with Crippen molar-refractivity contribution < 1.29 is 64.6 Å². The Morgan fingerprint density at radius 1 is 0.529 bits per heavy atom. The Balaban J connectivity index is 0.868. The molecule has 1 aliphatic heterocycles. The predicted octanol–water partition coefficient (Wildman–Crippen LogP) is 4.69. The summed E-state index contributed by atoms with van der Waals surface area (Å²) in [6, 6.07) is 22.8. The van der Waals surface area contributed by atoms with Gasteiger partial charge >= 0.3 is 23.6 Å². The molecule has 0 saturated carbocycles. The van der Waals surface area contributed by atoms with Crippen molar-refractivity contribution in [2.75, 3.05) is 83.5 Å². The number of pyridine rings is 2. The van der Waals surface area contributed by atoms with Gasteiger partial charge in [-0.2, -0.15) is 0 Å². The number of carbonyl (C=O) groups excluding carboxylic acids is 6. The molecule has 25 nitrogen and oxygen atoms in total. The molecule has 1 saturated heterocycles. The zero-order valence-corrected chi connectivity index (χ0v) is 49.7. The number of nitrogens with one attached hydrogen (secondary N) is 10. The second-order valence-electron chi connectivity index (χ2n) is 18.7. The van der Waals surface area contributed by atoms with Gasteiger partial charge in [0.15, 0.2) is 24.8 Å². The maximum atomic E-state index is 13.6. The molecule has 0 aliphatic carbocycles. The van der Waals surface area contributed by atoms with E-state index in [4.69, 9.17) is 56.2 Å². The molecule has 1 aliphatic rings. The van der Waals surface area contributed by atoms with E-state index in [2.05, 4.69) is 57.3 Å². The molecule has 0 bridgehead atoms. The van der Waals surface area contributed by atoms with Gasteiger partial charge in [0, 0.05) is 69.1 Å². The number of unbranched alkanes of at least 4 members (excludes halogenated alkanes) is 1. The Hall–Kier alpha value is -7.86. The first-order valence-electron chi connectivity index (χ1n) is 26.1. The van der Waals surface area contributed by atoms with Crippen LogP contribution in [0.2, 0.25) is 20.1 Å². The van der Waals surface area contributed by atoms with Crippen molar-refractivity contribution in [1.29, 1.82) is 0 Å². The van der Waals surface area contributed by atoms with Crippen LogP contribution in [0.4, 0.5) is 34.1 Å². The van der Waals surface area contributed by atoms with Gasteiger partial charge in [-0.3, -0.25) is 64.8 Å². The fourth-order valence-electron chi connectivity index (χ4n) is 8.07. The standard InChI is InChI=1S/C54H57Cl4N13O12S2/c55-41-17-19-43(84(79,80)67-39-13-9-37(10-14-39)63-65-53(77)51(75)59-21-5-27-69-28-31-83-32-29-69)45(57)47(41)61-49(73)35-7-3-25-70(33-35)23-1-2-24-71-26-4-8-36(34-71)50(74)62-48-42(56)18-20-44(46(48)58)85(81,82)68-40-15-11-38(12-16-40)64-66-54(78)52(76)60-22-6-30-72/h3-4,7-20,25-26,33-34,72H,1-2,5-6,21-24,27-32H2,(H8-2,59,60,61,62,63,64,65,66,67,68,73,74,75,76,77,78)/p+2. The number of nitrogens with zero attached hydrogens (tertiary/aromatic N) is 3. The molecular formula is C54H59Cl4N13O12S2+2. The summed E-state index contributed by atoms with van der Waals surface area (Å²) in [5.74, 6) is -4.89. The van der Waals surface area contributed by atoms with E-state index in [1.807, 2.05) is 0 Å². The SMILES string of the molecule is O=C(NCCCO)C(=O)NNc1ccc(NS(=O)(=O)c2ccc(Cl)c(NC(=O)c3ccc[n+](CCCC[n+]4cccc(C(=O)Nc5c(Cl)ccc(S(=O)(=O)Nc6ccc(NNC(=O)C(=O)NCCCN7CCOCC7)cc6)c5Cl)c4)c3)c2Cl)cc1. The van der Waals surface area contributed by atoms with Crippen LogP contribution in [0.1, 0.15) is 46.4 Å². The molecule has 0 unspecified atom stereocenters. The van der Waals surface area contributed by atoms with Gasteiger partial charge in [0.1, 0.15) is 34.0 Å². The van der Waals surface area contributed by atoms with Crippen LogP contribution in [-0.4, -0.2) is 115 Å². The highest BCUT2D eigenvalue weighted by Crippen LogP contribution is 2.38. The maximum Gasteiger partial charge on any atom is 0.327 e. The first-order valence-corrected chi connectivity index (χ1v) is 30.6. The van der Waals surface area contributed by atoms with Gasteiger partial charge < -0.3 is 31.1 Å². The number of hydrogen-bond acceptors (Lipinski definition) is 15. The molecule has 6 aromatic rings. The Morgan fingerprint density at radius 3 is 1.36 bits per heavy atom. The van der Waals surface area contributed by atoms with Crippen molar-refractivity contribution in [3.05, 3.63) is 153 Å². The number of morpholine rings is 1. The third kappa shape index (κ3) is 18.8. The molecular weight excluding hydrogens is 1230 g/mol. The average Bonchev–Trinajstić information content (AvgIpc) is 3.67. The smallest absolute Gasteiger partial charge is 0.327 e. The van der Waals surface area contributed by atoms with E-state index in [0.717, 1.165) is 19.6 Å². The van der Waals surface area contributed by atoms with E-state index in [9.17, 15) is 45.6 Å². The number of hydrazine groups is 2. The average molecular weight is 1290 g/mol. The van der Waals surface area contributed by atoms with E-state index < -0.39 is 55.5 Å². The Kier molecular flexibility index (Phi) is 23.4. The van der Waals surface area contributed by atoms with E-state index >= 15 is 0 Å². The number of aryl methyl sites for hydroxylation is 2. The van der Waals surface area contributed by atoms with Crippen molar-refractivity contribution in [2.45, 2.75) is 48.6 Å². The van der Waals surface area contributed by atoms with Gasteiger partial charge in [-0.05, 0) is 104 Å². The normalized spacial score (nSPS) is 12.5. The van der Waals surface area contributed by atoms with Crippen LogP contribution in [0.3, 0.4) is 0 Å². The van der Waals surface area contributed by atoms with E-state index in [0.29, 0.717) is 63.5 Å². The van der Waals surface area contributed by atoms with Gasteiger partial charge in [-0.25, -0.2) is 26.0 Å². The number of hydrogen-bond donors (Lipinski definition) is 11. The number of aromatic nitrogens is 2. The van der Waals surface area contributed by atoms with Crippen LogP contribution in [-0.2, 0) is 57.1 Å². The minimum atomic E-state index is -4.35. The fourth-order valence-corrected chi connectivity index (χ4v) is 11.9. The number of carbonyl (C=O) groups is 6. The Bertz CT molecular complexity index is 3640. The van der Waals surface area contributed by atoms with E-state index in [-0.39, 0.29) is 83.3 Å². The number of aliphatic hydroxyl groups excluding tert-OH is 1. The fraction of sp³-hybridized carbons (Fsp3) is 0.259. The zero-order chi connectivity index (χ0) is 61.1. The van der Waals surface area contributed by atoms with Crippen LogP contribution < -0.4 is 61.5 Å². The summed E-state index contributed by atoms with van der Waals surface area (Å²) < 4.78 is 68.0. The minimum absolute atomic E-state index is 0.0242. The second-order valence-corrected chi connectivity index (χ2v) is 23.5. The van der Waals surface area contributed by atoms with Gasteiger partial charge in [0.25, 0.3) is 31.9 Å². The predicted molar refractivity (Wildman–Crippen MR) is 319 cm³/mol. The van der Waals surface area contributed by atoms with Crippen molar-refractivity contribution in [3.63, 3.8) is 0 Å². The summed E-state index contributed by atoms with van der Waals surface area (Å²) in [5, 5.41) is 18.2. The summed E-state index contributed by atoms with van der Waals surface area (Å²) in [6.07, 6.45) is 8.93. The summed E-state index contributed by atoms with van der Waals surface area (Å²) >= 11 is 26.1. The molecule has 0 spiro atoms.